The van der Waals surface area contributed by atoms with Gasteiger partial charge >= 0.3 is 0 Å². The molecule has 1 amide bonds. The lowest BCUT2D eigenvalue weighted by atomic mass is 10.1. The highest BCUT2D eigenvalue weighted by molar-refractivity contribution is 7.99. The van der Waals surface area contributed by atoms with E-state index in [1.807, 2.05) is 66.9 Å². The number of hydrogen-bond acceptors (Lipinski definition) is 7. The summed E-state index contributed by atoms with van der Waals surface area (Å²) < 4.78 is 5.59. The number of carbonyl (C=O) groups is 1. The number of nitrogens with zero attached hydrogens (tertiary/aromatic N) is 3. The second kappa shape index (κ2) is 8.37. The molecule has 0 saturated heterocycles. The molecule has 0 saturated carbocycles. The van der Waals surface area contributed by atoms with E-state index < -0.39 is 0 Å². The molecule has 0 aliphatic carbocycles. The van der Waals surface area contributed by atoms with Crippen LogP contribution in [0.15, 0.2) is 69.6 Å². The number of rotatable bonds is 6. The molecule has 0 fully saturated rings. The Labute approximate surface area is 170 Å². The summed E-state index contributed by atoms with van der Waals surface area (Å²) in [5, 5.41) is 13.6. The standard InChI is InChI=1S/C20H16N4O2S2/c1-13-7-9-14(10-8-13)16-11-27-19(21-16)22-17(25)12-28-20-24-23-18(26-20)15-5-3-2-4-6-15/h2-11H,12H2,1H3,(H,21,22,25). The molecule has 0 bridgehead atoms. The molecule has 28 heavy (non-hydrogen) atoms. The minimum absolute atomic E-state index is 0.163. The zero-order valence-corrected chi connectivity index (χ0v) is 16.6. The van der Waals surface area contributed by atoms with Crippen LogP contribution in [0.4, 0.5) is 5.13 Å². The summed E-state index contributed by atoms with van der Waals surface area (Å²) in [5.74, 6) is 0.427. The average molecular weight is 409 g/mol. The van der Waals surface area contributed by atoms with Crippen LogP contribution in [0, 0.1) is 6.92 Å². The molecule has 0 aliphatic heterocycles. The van der Waals surface area contributed by atoms with E-state index in [0.717, 1.165) is 16.8 Å². The van der Waals surface area contributed by atoms with E-state index in [4.69, 9.17) is 4.42 Å². The lowest BCUT2D eigenvalue weighted by Crippen LogP contribution is -2.13. The Morgan fingerprint density at radius 3 is 2.64 bits per heavy atom. The van der Waals surface area contributed by atoms with Gasteiger partial charge in [0.15, 0.2) is 5.13 Å². The van der Waals surface area contributed by atoms with Crippen LogP contribution in [0.5, 0.6) is 0 Å². The topological polar surface area (TPSA) is 80.9 Å². The fourth-order valence-corrected chi connectivity index (χ4v) is 3.74. The number of carbonyl (C=O) groups excluding carboxylic acids is 1. The zero-order valence-electron chi connectivity index (χ0n) is 15.0. The van der Waals surface area contributed by atoms with Gasteiger partial charge < -0.3 is 9.73 Å². The van der Waals surface area contributed by atoms with E-state index in [1.165, 1.54) is 28.7 Å². The summed E-state index contributed by atoms with van der Waals surface area (Å²) in [6.07, 6.45) is 0. The summed E-state index contributed by atoms with van der Waals surface area (Å²) in [6, 6.07) is 17.6. The molecule has 140 valence electrons. The number of aromatic nitrogens is 3. The molecule has 0 atom stereocenters. The third-order valence-corrected chi connectivity index (χ3v) is 5.43. The van der Waals surface area contributed by atoms with Gasteiger partial charge in [0.05, 0.1) is 11.4 Å². The molecule has 2 aromatic carbocycles. The SMILES string of the molecule is Cc1ccc(-c2csc(NC(=O)CSc3nnc(-c4ccccc4)o3)n2)cc1. The van der Waals surface area contributed by atoms with Crippen molar-refractivity contribution in [2.45, 2.75) is 12.1 Å². The van der Waals surface area contributed by atoms with Crippen LogP contribution >= 0.6 is 23.1 Å². The quantitative estimate of drug-likeness (QED) is 0.457. The summed E-state index contributed by atoms with van der Waals surface area (Å²) in [5.41, 5.74) is 3.91. The first-order valence-corrected chi connectivity index (χ1v) is 10.4. The van der Waals surface area contributed by atoms with Crippen molar-refractivity contribution >= 4 is 34.1 Å². The normalized spacial score (nSPS) is 10.8. The minimum Gasteiger partial charge on any atom is -0.411 e. The molecule has 2 heterocycles. The minimum atomic E-state index is -0.172. The van der Waals surface area contributed by atoms with Crippen molar-refractivity contribution in [3.05, 3.63) is 65.5 Å². The third kappa shape index (κ3) is 4.47. The van der Waals surface area contributed by atoms with Crippen LogP contribution in [-0.2, 0) is 4.79 Å². The Balaban J connectivity index is 1.33. The second-order valence-corrected chi connectivity index (χ2v) is 7.76. The molecule has 0 unspecified atom stereocenters. The van der Waals surface area contributed by atoms with Crippen LogP contribution in [0.2, 0.25) is 0 Å². The lowest BCUT2D eigenvalue weighted by molar-refractivity contribution is -0.113. The van der Waals surface area contributed by atoms with E-state index in [9.17, 15) is 4.79 Å². The number of thiazole rings is 1. The van der Waals surface area contributed by atoms with Crippen LogP contribution < -0.4 is 5.32 Å². The molecular weight excluding hydrogens is 392 g/mol. The van der Waals surface area contributed by atoms with Gasteiger partial charge in [0.1, 0.15) is 0 Å². The number of thioether (sulfide) groups is 1. The van der Waals surface area contributed by atoms with Gasteiger partial charge in [-0.3, -0.25) is 4.79 Å². The molecular formula is C20H16N4O2S2. The third-order valence-electron chi connectivity index (χ3n) is 3.85. The van der Waals surface area contributed by atoms with Crippen molar-refractivity contribution in [1.82, 2.24) is 15.2 Å². The Morgan fingerprint density at radius 1 is 1.07 bits per heavy atom. The van der Waals surface area contributed by atoms with Crippen molar-refractivity contribution in [3.63, 3.8) is 0 Å². The van der Waals surface area contributed by atoms with Crippen molar-refractivity contribution in [2.24, 2.45) is 0 Å². The molecule has 4 aromatic rings. The van der Waals surface area contributed by atoms with Gasteiger partial charge in [-0.1, -0.05) is 59.8 Å². The van der Waals surface area contributed by atoms with Gasteiger partial charge in [-0.05, 0) is 19.1 Å². The maximum absolute atomic E-state index is 12.2. The van der Waals surface area contributed by atoms with Crippen molar-refractivity contribution < 1.29 is 9.21 Å². The largest absolute Gasteiger partial charge is 0.411 e. The Hall–Kier alpha value is -2.97. The van der Waals surface area contributed by atoms with Gasteiger partial charge in [-0.25, -0.2) is 4.98 Å². The Kier molecular flexibility index (Phi) is 5.50. The van der Waals surface area contributed by atoms with Crippen LogP contribution in [0.25, 0.3) is 22.7 Å². The fourth-order valence-electron chi connectivity index (χ4n) is 2.44. The number of nitrogens with one attached hydrogen (secondary N) is 1. The van der Waals surface area contributed by atoms with Crippen molar-refractivity contribution in [2.75, 3.05) is 11.1 Å². The number of hydrogen-bond donors (Lipinski definition) is 1. The predicted octanol–water partition coefficient (Wildman–Crippen LogP) is 4.90. The van der Waals surface area contributed by atoms with E-state index in [2.05, 4.69) is 20.5 Å². The van der Waals surface area contributed by atoms with Gasteiger partial charge in [0, 0.05) is 16.5 Å². The summed E-state index contributed by atoms with van der Waals surface area (Å²) >= 11 is 2.59. The fraction of sp³-hybridized carbons (Fsp3) is 0.100. The molecule has 8 heteroatoms. The Bertz CT molecular complexity index is 1080. The maximum atomic E-state index is 12.2. The van der Waals surface area contributed by atoms with Gasteiger partial charge in [0.2, 0.25) is 11.8 Å². The maximum Gasteiger partial charge on any atom is 0.277 e. The highest BCUT2D eigenvalue weighted by atomic mass is 32.2. The summed E-state index contributed by atoms with van der Waals surface area (Å²) in [4.78, 5) is 16.7. The molecule has 6 nitrogen and oxygen atoms in total. The van der Waals surface area contributed by atoms with Crippen LogP contribution in [-0.4, -0.2) is 26.8 Å². The van der Waals surface area contributed by atoms with Gasteiger partial charge in [-0.2, -0.15) is 0 Å². The first kappa shape index (κ1) is 18.4. The van der Waals surface area contributed by atoms with E-state index in [0.29, 0.717) is 16.2 Å². The van der Waals surface area contributed by atoms with E-state index in [1.54, 1.807) is 0 Å². The molecule has 0 radical (unpaired) electrons. The molecule has 2 aromatic heterocycles. The van der Waals surface area contributed by atoms with Gasteiger partial charge in [-0.15, -0.1) is 21.5 Å². The molecule has 1 N–H and O–H groups in total. The molecule has 0 aliphatic rings. The van der Waals surface area contributed by atoms with Crippen LogP contribution in [0.3, 0.4) is 0 Å². The highest BCUT2D eigenvalue weighted by Gasteiger charge is 2.12. The van der Waals surface area contributed by atoms with Crippen molar-refractivity contribution in [1.29, 1.82) is 0 Å². The Morgan fingerprint density at radius 2 is 1.86 bits per heavy atom. The monoisotopic (exact) mass is 408 g/mol. The van der Waals surface area contributed by atoms with E-state index in [-0.39, 0.29) is 11.7 Å². The average Bonchev–Trinajstić information content (AvgIpc) is 3.37. The zero-order chi connectivity index (χ0) is 19.3. The summed E-state index contributed by atoms with van der Waals surface area (Å²) in [6.45, 7) is 2.04. The number of benzene rings is 2. The lowest BCUT2D eigenvalue weighted by Gasteiger charge is -2.00. The highest BCUT2D eigenvalue weighted by Crippen LogP contribution is 2.26. The predicted molar refractivity (Wildman–Crippen MR) is 111 cm³/mol. The van der Waals surface area contributed by atoms with Crippen LogP contribution in [0.1, 0.15) is 5.56 Å². The smallest absolute Gasteiger partial charge is 0.277 e. The first-order chi connectivity index (χ1) is 13.7. The molecule has 4 rings (SSSR count). The summed E-state index contributed by atoms with van der Waals surface area (Å²) in [7, 11) is 0. The van der Waals surface area contributed by atoms with Crippen molar-refractivity contribution in [3.8, 4) is 22.7 Å². The second-order valence-electron chi connectivity index (χ2n) is 5.98. The molecule has 0 spiro atoms. The van der Waals surface area contributed by atoms with E-state index >= 15 is 0 Å². The number of amides is 1. The first-order valence-electron chi connectivity index (χ1n) is 8.51. The van der Waals surface area contributed by atoms with Gasteiger partial charge in [0.25, 0.3) is 5.22 Å². The number of aryl methyl sites for hydroxylation is 1. The number of anilines is 1.